The predicted molar refractivity (Wildman–Crippen MR) is 136 cm³/mol. The quantitative estimate of drug-likeness (QED) is 0.521. The Kier molecular flexibility index (Phi) is 7.14. The van der Waals surface area contributed by atoms with Crippen LogP contribution >= 0.6 is 11.6 Å². The zero-order valence-electron chi connectivity index (χ0n) is 20.5. The Morgan fingerprint density at radius 2 is 1.74 bits per heavy atom. The molecule has 0 radical (unpaired) electrons. The first-order valence-electron chi connectivity index (χ1n) is 12.6. The van der Waals surface area contributed by atoms with Gasteiger partial charge in [0.25, 0.3) is 15.9 Å². The maximum Gasteiger partial charge on any atom is 0.391 e. The highest BCUT2D eigenvalue weighted by Gasteiger charge is 2.55. The second-order valence-corrected chi connectivity index (χ2v) is 12.0. The van der Waals surface area contributed by atoms with Crippen LogP contribution in [0, 0.1) is 5.92 Å². The topological polar surface area (TPSA) is 91.8 Å². The molecule has 13 heteroatoms. The van der Waals surface area contributed by atoms with Crippen molar-refractivity contribution in [2.45, 2.75) is 55.3 Å². The van der Waals surface area contributed by atoms with Gasteiger partial charge in [-0.05, 0) is 49.9 Å². The van der Waals surface area contributed by atoms with Crippen molar-refractivity contribution in [3.05, 3.63) is 41.4 Å². The van der Waals surface area contributed by atoms with Gasteiger partial charge in [0.05, 0.1) is 11.6 Å². The molecule has 0 atom stereocenters. The van der Waals surface area contributed by atoms with Crippen molar-refractivity contribution in [2.75, 3.05) is 36.0 Å². The normalized spacial score (nSPS) is 19.9. The highest BCUT2D eigenvalue weighted by molar-refractivity contribution is 7.90. The van der Waals surface area contributed by atoms with E-state index in [1.807, 2.05) is 4.90 Å². The number of hydrogen-bond donors (Lipinski definition) is 1. The molecule has 3 heterocycles. The lowest BCUT2D eigenvalue weighted by Crippen LogP contribution is -2.44. The van der Waals surface area contributed by atoms with Crippen LogP contribution in [-0.2, 0) is 14.8 Å². The summed E-state index contributed by atoms with van der Waals surface area (Å²) in [4.78, 5) is 21.2. The Morgan fingerprint density at radius 1 is 1.05 bits per heavy atom. The lowest BCUT2D eigenvalue weighted by Gasteiger charge is -2.35. The Bertz CT molecular complexity index is 1310. The van der Waals surface area contributed by atoms with E-state index in [1.165, 1.54) is 12.1 Å². The first-order chi connectivity index (χ1) is 18.0. The molecule has 0 spiro atoms. The largest absolute Gasteiger partial charge is 0.475 e. The molecule has 0 unspecified atom stereocenters. The first-order valence-corrected chi connectivity index (χ1v) is 14.4. The van der Waals surface area contributed by atoms with Crippen LogP contribution < -0.4 is 19.3 Å². The number of nitrogens with one attached hydrogen (secondary N) is 1. The number of alkyl halides is 3. The van der Waals surface area contributed by atoms with E-state index >= 15 is 0 Å². The maximum absolute atomic E-state index is 13.2. The molecule has 1 aromatic heterocycles. The molecule has 2 aromatic rings. The summed E-state index contributed by atoms with van der Waals surface area (Å²) in [5.41, 5.74) is -0.916. The number of benzene rings is 1. The highest BCUT2D eigenvalue weighted by atomic mass is 35.5. The molecule has 1 aromatic carbocycles. The van der Waals surface area contributed by atoms with Gasteiger partial charge in [-0.15, -0.1) is 0 Å². The van der Waals surface area contributed by atoms with Crippen molar-refractivity contribution in [2.24, 2.45) is 5.92 Å². The summed E-state index contributed by atoms with van der Waals surface area (Å²) in [5, 5.41) is 0.0581. The Labute approximate surface area is 224 Å². The maximum atomic E-state index is 13.2. The number of hydrogen-bond acceptors (Lipinski definition) is 7. The number of anilines is 2. The van der Waals surface area contributed by atoms with E-state index in [-0.39, 0.29) is 49.5 Å². The van der Waals surface area contributed by atoms with Crippen LogP contribution in [0.3, 0.4) is 0 Å². The number of carbonyl (C=O) groups excluding carboxylic acids is 1. The standard InChI is InChI=1S/C25H28ClF3N4O4S/c26-18-6-7-19(32-14-8-17(9-15-32)25(27,28)29)20(16-18)37-24(10-11-24)23(34)31-38(35,36)22-5-3-4-21(30-22)33-12-1-2-13-33/h3-7,16-17H,1-2,8-15H2,(H,31,34). The van der Waals surface area contributed by atoms with Gasteiger partial charge in [-0.3, -0.25) is 4.79 Å². The van der Waals surface area contributed by atoms with Gasteiger partial charge < -0.3 is 14.5 Å². The van der Waals surface area contributed by atoms with Gasteiger partial charge in [0.2, 0.25) is 0 Å². The van der Waals surface area contributed by atoms with E-state index in [0.29, 0.717) is 16.5 Å². The summed E-state index contributed by atoms with van der Waals surface area (Å²) in [6.07, 6.45) is -1.80. The van der Waals surface area contributed by atoms with Crippen LogP contribution in [0.2, 0.25) is 5.02 Å². The van der Waals surface area contributed by atoms with Gasteiger partial charge in [0, 0.05) is 50.1 Å². The monoisotopic (exact) mass is 572 g/mol. The van der Waals surface area contributed by atoms with Crippen LogP contribution in [0.1, 0.15) is 38.5 Å². The third-order valence-electron chi connectivity index (χ3n) is 7.28. The summed E-state index contributed by atoms with van der Waals surface area (Å²) in [6, 6.07) is 9.39. The number of carbonyl (C=O) groups is 1. The fourth-order valence-corrected chi connectivity index (χ4v) is 6.09. The SMILES string of the molecule is O=C(NS(=O)(=O)c1cccc(N2CCCC2)n1)C1(Oc2cc(Cl)ccc2N2CCC(C(F)(F)F)CC2)CC1. The van der Waals surface area contributed by atoms with Gasteiger partial charge in [0.15, 0.2) is 10.6 Å². The Morgan fingerprint density at radius 3 is 2.37 bits per heavy atom. The van der Waals surface area contributed by atoms with Crippen molar-refractivity contribution in [1.29, 1.82) is 0 Å². The molecular formula is C25H28ClF3N4O4S. The molecule has 1 N–H and O–H groups in total. The molecule has 206 valence electrons. The van der Waals surface area contributed by atoms with E-state index in [1.54, 1.807) is 29.2 Å². The third-order valence-corrected chi connectivity index (χ3v) is 8.75. The van der Waals surface area contributed by atoms with Crippen LogP contribution in [0.5, 0.6) is 5.75 Å². The van der Waals surface area contributed by atoms with Gasteiger partial charge in [-0.25, -0.2) is 9.71 Å². The number of piperidine rings is 1. The molecule has 38 heavy (non-hydrogen) atoms. The summed E-state index contributed by atoms with van der Waals surface area (Å²) in [5.74, 6) is -1.43. The zero-order valence-corrected chi connectivity index (χ0v) is 22.1. The molecule has 5 rings (SSSR count). The van der Waals surface area contributed by atoms with Crippen molar-refractivity contribution in [3.63, 3.8) is 0 Å². The minimum atomic E-state index is -4.27. The molecule has 2 aliphatic heterocycles. The van der Waals surface area contributed by atoms with Crippen LogP contribution in [0.25, 0.3) is 0 Å². The van der Waals surface area contributed by atoms with E-state index in [2.05, 4.69) is 9.71 Å². The van der Waals surface area contributed by atoms with Crippen molar-refractivity contribution < 1.29 is 31.1 Å². The number of ether oxygens (including phenoxy) is 1. The predicted octanol–water partition coefficient (Wildman–Crippen LogP) is 4.53. The second kappa shape index (κ2) is 10.1. The highest BCUT2D eigenvalue weighted by Crippen LogP contribution is 2.45. The molecule has 3 fully saturated rings. The van der Waals surface area contributed by atoms with Gasteiger partial charge in [-0.1, -0.05) is 17.7 Å². The molecule has 3 aliphatic rings. The van der Waals surface area contributed by atoms with E-state index in [4.69, 9.17) is 16.3 Å². The number of amides is 1. The average molecular weight is 573 g/mol. The summed E-state index contributed by atoms with van der Waals surface area (Å²) >= 11 is 6.17. The summed E-state index contributed by atoms with van der Waals surface area (Å²) in [7, 11) is -4.27. The number of rotatable bonds is 7. The molecular weight excluding hydrogens is 545 g/mol. The smallest absolute Gasteiger partial charge is 0.391 e. The third kappa shape index (κ3) is 5.66. The van der Waals surface area contributed by atoms with E-state index < -0.39 is 33.6 Å². The number of aromatic nitrogens is 1. The minimum absolute atomic E-state index is 0.0566. The molecule has 8 nitrogen and oxygen atoms in total. The van der Waals surface area contributed by atoms with Crippen molar-refractivity contribution in [1.82, 2.24) is 9.71 Å². The fraction of sp³-hybridized carbons (Fsp3) is 0.520. The van der Waals surface area contributed by atoms with Crippen molar-refractivity contribution >= 4 is 39.0 Å². The Balaban J connectivity index is 1.31. The zero-order chi connectivity index (χ0) is 27.1. The molecule has 1 amide bonds. The number of halogens is 4. The summed E-state index contributed by atoms with van der Waals surface area (Å²) in [6.45, 7) is 1.90. The number of nitrogens with zero attached hydrogens (tertiary/aromatic N) is 3. The number of sulfonamides is 1. The van der Waals surface area contributed by atoms with Gasteiger partial charge >= 0.3 is 6.18 Å². The van der Waals surface area contributed by atoms with Gasteiger partial charge in [-0.2, -0.15) is 21.6 Å². The average Bonchev–Trinajstić information content (AvgIpc) is 3.44. The summed E-state index contributed by atoms with van der Waals surface area (Å²) < 4.78 is 73.6. The minimum Gasteiger partial charge on any atom is -0.475 e. The lowest BCUT2D eigenvalue weighted by atomic mass is 9.96. The lowest BCUT2D eigenvalue weighted by molar-refractivity contribution is -0.179. The van der Waals surface area contributed by atoms with Gasteiger partial charge in [0.1, 0.15) is 11.6 Å². The van der Waals surface area contributed by atoms with Crippen LogP contribution in [0.15, 0.2) is 41.4 Å². The van der Waals surface area contributed by atoms with E-state index in [0.717, 1.165) is 25.9 Å². The molecule has 1 saturated carbocycles. The Hall–Kier alpha value is -2.73. The van der Waals surface area contributed by atoms with Crippen molar-refractivity contribution in [3.8, 4) is 5.75 Å². The molecule has 1 aliphatic carbocycles. The van der Waals surface area contributed by atoms with Crippen LogP contribution in [0.4, 0.5) is 24.7 Å². The molecule has 0 bridgehead atoms. The van der Waals surface area contributed by atoms with Crippen LogP contribution in [-0.4, -0.2) is 57.3 Å². The van der Waals surface area contributed by atoms with E-state index in [9.17, 15) is 26.4 Å². The second-order valence-electron chi connectivity index (χ2n) is 9.97. The first kappa shape index (κ1) is 26.9. The number of pyridine rings is 1. The molecule has 2 saturated heterocycles. The fourth-order valence-electron chi connectivity index (χ4n) is 4.92.